The van der Waals surface area contributed by atoms with Gasteiger partial charge in [-0.1, -0.05) is 41.9 Å². The second-order valence-corrected chi connectivity index (χ2v) is 9.80. The summed E-state index contributed by atoms with van der Waals surface area (Å²) in [5.74, 6) is 2.73. The Balaban J connectivity index is 0.000000191. The van der Waals surface area contributed by atoms with E-state index in [-0.39, 0.29) is 0 Å². The van der Waals surface area contributed by atoms with Crippen LogP contribution in [0.4, 0.5) is 11.6 Å². The number of benzene rings is 2. The molecule has 6 rings (SSSR count). The molecule has 2 radical (unpaired) electrons. The third-order valence-corrected chi connectivity index (χ3v) is 6.86. The van der Waals surface area contributed by atoms with Crippen LogP contribution in [-0.4, -0.2) is 42.0 Å². The molecule has 44 heavy (non-hydrogen) atoms. The number of halogens is 1. The van der Waals surface area contributed by atoms with E-state index in [2.05, 4.69) is 29.6 Å². The Bertz CT molecular complexity index is 1800. The third-order valence-electron chi connectivity index (χ3n) is 6.50. The molecule has 4 N–H and O–H groups in total. The molecule has 0 atom stereocenters. The summed E-state index contributed by atoms with van der Waals surface area (Å²) in [6.07, 6.45) is 3.48. The standard InChI is InChI=1S/C16H15N3O.C11H10ClNO.C6H8N2.CH2B/c1-10-15(11-7-8-14(17)18-9-11)19-13-6-4-3-5-12(13)16(10)20-2;1-7-10(14-2)8-5-3-4-6-9(8)13-11(7)12;1-5-2-3-6(7)8-4-5;1-2/h3-9H,1-2H3,(H2,17,18);3-6H,1-2H3;2-4H,1H3,(H2,7,8);1H2/q;;;-1. The highest BCUT2D eigenvalue weighted by molar-refractivity contribution is 6.31. The summed E-state index contributed by atoms with van der Waals surface area (Å²) in [6.45, 7) is 8.64. The first kappa shape index (κ1) is 33.6. The van der Waals surface area contributed by atoms with Crippen molar-refractivity contribution in [1.82, 2.24) is 19.9 Å². The van der Waals surface area contributed by atoms with E-state index in [1.165, 1.54) is 0 Å². The van der Waals surface area contributed by atoms with E-state index in [0.717, 1.165) is 61.3 Å². The van der Waals surface area contributed by atoms with Gasteiger partial charge in [-0.15, -0.1) is 0 Å². The van der Waals surface area contributed by atoms with Crippen LogP contribution in [0.25, 0.3) is 33.1 Å². The number of para-hydroxylation sites is 2. The summed E-state index contributed by atoms with van der Waals surface area (Å²) >= 11 is 5.98. The Morgan fingerprint density at radius 3 is 1.64 bits per heavy atom. The number of pyridine rings is 4. The first-order chi connectivity index (χ1) is 21.2. The largest absolute Gasteiger partial charge is 0.496 e. The number of ether oxygens (including phenoxy) is 2. The molecule has 0 unspecified atom stereocenters. The normalized spacial score (nSPS) is 9.98. The Morgan fingerprint density at radius 1 is 0.659 bits per heavy atom. The van der Waals surface area contributed by atoms with E-state index >= 15 is 0 Å². The number of rotatable bonds is 3. The second-order valence-electron chi connectivity index (χ2n) is 9.45. The Labute approximate surface area is 264 Å². The van der Waals surface area contributed by atoms with Gasteiger partial charge in [0, 0.05) is 39.9 Å². The fourth-order valence-corrected chi connectivity index (χ4v) is 4.53. The predicted octanol–water partition coefficient (Wildman–Crippen LogP) is 7.32. The molecule has 0 bridgehead atoms. The van der Waals surface area contributed by atoms with E-state index in [4.69, 9.17) is 37.5 Å². The summed E-state index contributed by atoms with van der Waals surface area (Å²) < 4.78 is 10.9. The van der Waals surface area contributed by atoms with Gasteiger partial charge in [0.2, 0.25) is 0 Å². The number of nitrogens with zero attached hydrogens (tertiary/aromatic N) is 4. The van der Waals surface area contributed by atoms with E-state index in [1.54, 1.807) is 38.7 Å². The van der Waals surface area contributed by atoms with Gasteiger partial charge < -0.3 is 27.8 Å². The number of fused-ring (bicyclic) bond motifs is 2. The van der Waals surface area contributed by atoms with Gasteiger partial charge in [-0.2, -0.15) is 7.85 Å². The lowest BCUT2D eigenvalue weighted by Gasteiger charge is -2.13. The molecule has 8 nitrogen and oxygen atoms in total. The minimum absolute atomic E-state index is 0.499. The van der Waals surface area contributed by atoms with Crippen LogP contribution in [0.1, 0.15) is 16.7 Å². The monoisotopic (exact) mass is 605 g/mol. The van der Waals surface area contributed by atoms with Crippen molar-refractivity contribution in [3.63, 3.8) is 0 Å². The minimum atomic E-state index is 0.499. The molecule has 0 saturated carbocycles. The Morgan fingerprint density at radius 2 is 1.16 bits per heavy atom. The van der Waals surface area contributed by atoms with Crippen LogP contribution in [0, 0.1) is 27.6 Å². The molecular weight excluding hydrogens is 571 g/mol. The van der Waals surface area contributed by atoms with Crippen molar-refractivity contribution in [1.29, 1.82) is 0 Å². The van der Waals surface area contributed by atoms with Gasteiger partial charge >= 0.3 is 0 Å². The Kier molecular flexibility index (Phi) is 12.3. The van der Waals surface area contributed by atoms with E-state index < -0.39 is 0 Å². The number of aromatic nitrogens is 4. The van der Waals surface area contributed by atoms with Crippen LogP contribution in [0.3, 0.4) is 0 Å². The lowest BCUT2D eigenvalue weighted by Crippen LogP contribution is -1.97. The van der Waals surface area contributed by atoms with Crippen molar-refractivity contribution in [2.24, 2.45) is 0 Å². The van der Waals surface area contributed by atoms with Crippen LogP contribution in [-0.2, 0) is 0 Å². The molecule has 0 amide bonds. The fraction of sp³-hybridized carbons (Fsp3) is 0.147. The summed E-state index contributed by atoms with van der Waals surface area (Å²) in [5, 5.41) is 2.51. The maximum atomic E-state index is 5.98. The third kappa shape index (κ3) is 8.14. The summed E-state index contributed by atoms with van der Waals surface area (Å²) in [4.78, 5) is 17.0. The second kappa shape index (κ2) is 16.1. The van der Waals surface area contributed by atoms with Gasteiger partial charge in [-0.05, 0) is 68.8 Å². The molecule has 0 fully saturated rings. The van der Waals surface area contributed by atoms with Gasteiger partial charge in [-0.3, -0.25) is 0 Å². The van der Waals surface area contributed by atoms with Crippen molar-refractivity contribution in [2.45, 2.75) is 20.8 Å². The average molecular weight is 606 g/mol. The van der Waals surface area contributed by atoms with Gasteiger partial charge in [0.05, 0.1) is 30.9 Å². The number of aryl methyl sites for hydroxylation is 1. The van der Waals surface area contributed by atoms with Crippen LogP contribution in [0.2, 0.25) is 5.15 Å². The highest BCUT2D eigenvalue weighted by Gasteiger charge is 2.14. The van der Waals surface area contributed by atoms with Gasteiger partial charge in [0.25, 0.3) is 0 Å². The van der Waals surface area contributed by atoms with E-state index in [1.807, 2.05) is 81.4 Å². The highest BCUT2D eigenvalue weighted by Crippen LogP contribution is 2.35. The molecule has 0 aliphatic heterocycles. The average Bonchev–Trinajstić information content (AvgIpc) is 3.05. The zero-order chi connectivity index (χ0) is 32.2. The molecule has 224 valence electrons. The number of hydrogen-bond donors (Lipinski definition) is 2. The zero-order valence-electron chi connectivity index (χ0n) is 25.5. The molecular formula is C34H35BClN6O2-. The summed E-state index contributed by atoms with van der Waals surface area (Å²) in [5.41, 5.74) is 17.5. The number of anilines is 2. The molecule has 4 heterocycles. The van der Waals surface area contributed by atoms with Gasteiger partial charge in [-0.25, -0.2) is 19.9 Å². The Hall–Kier alpha value is -4.89. The number of nitrogen functional groups attached to an aromatic ring is 2. The maximum absolute atomic E-state index is 5.98. The predicted molar refractivity (Wildman–Crippen MR) is 183 cm³/mol. The first-order valence-corrected chi connectivity index (χ1v) is 13.9. The molecule has 6 aromatic rings. The van der Waals surface area contributed by atoms with Crippen molar-refractivity contribution in [3.8, 4) is 22.8 Å². The minimum Gasteiger partial charge on any atom is -0.496 e. The number of hydrogen-bond acceptors (Lipinski definition) is 8. The molecule has 0 aliphatic rings. The van der Waals surface area contributed by atoms with E-state index in [0.29, 0.717) is 16.8 Å². The summed E-state index contributed by atoms with van der Waals surface area (Å²) in [6, 6.07) is 23.1. The lowest BCUT2D eigenvalue weighted by molar-refractivity contribution is 0.416. The van der Waals surface area contributed by atoms with Crippen LogP contribution < -0.4 is 20.9 Å². The molecule has 0 spiro atoms. The quantitative estimate of drug-likeness (QED) is 0.122. The van der Waals surface area contributed by atoms with Crippen molar-refractivity contribution >= 4 is 52.9 Å². The smallest absolute Gasteiger partial charge is 0.136 e. The molecule has 0 aliphatic carbocycles. The molecule has 10 heteroatoms. The number of nitrogens with two attached hydrogens (primary N) is 2. The van der Waals surface area contributed by atoms with Gasteiger partial charge in [0.1, 0.15) is 28.3 Å². The van der Waals surface area contributed by atoms with Crippen LogP contribution >= 0.6 is 11.6 Å². The van der Waals surface area contributed by atoms with E-state index in [9.17, 15) is 0 Å². The van der Waals surface area contributed by atoms with Crippen LogP contribution in [0.15, 0.2) is 85.2 Å². The van der Waals surface area contributed by atoms with Gasteiger partial charge in [0.15, 0.2) is 0 Å². The topological polar surface area (TPSA) is 122 Å². The molecule has 0 saturated heterocycles. The maximum Gasteiger partial charge on any atom is 0.136 e. The SMILES string of the molecule is COc1c(C)c(-c2ccc(N)nc2)nc2ccccc12.COc1c(C)c(Cl)nc2ccccc12.Cc1ccc(N)nc1.[B][CH2-]. The highest BCUT2D eigenvalue weighted by atomic mass is 35.5. The lowest BCUT2D eigenvalue weighted by atomic mass is 10.0. The first-order valence-electron chi connectivity index (χ1n) is 13.6. The summed E-state index contributed by atoms with van der Waals surface area (Å²) in [7, 11) is 7.57. The molecule has 2 aromatic carbocycles. The van der Waals surface area contributed by atoms with Crippen molar-refractivity contribution in [2.75, 3.05) is 25.7 Å². The zero-order valence-corrected chi connectivity index (χ0v) is 26.3. The molecule has 4 aromatic heterocycles. The fourth-order valence-electron chi connectivity index (χ4n) is 4.36. The van der Waals surface area contributed by atoms with Crippen molar-refractivity contribution < 1.29 is 9.47 Å². The van der Waals surface area contributed by atoms with Crippen LogP contribution in [0.5, 0.6) is 11.5 Å². The number of methoxy groups -OCH3 is 2. The van der Waals surface area contributed by atoms with Crippen molar-refractivity contribution in [3.05, 3.63) is 114 Å².